The van der Waals surface area contributed by atoms with Crippen molar-refractivity contribution in [2.24, 2.45) is 5.73 Å². The summed E-state index contributed by atoms with van der Waals surface area (Å²) in [5, 5.41) is 7.47. The lowest BCUT2D eigenvalue weighted by molar-refractivity contribution is 0.174. The van der Waals surface area contributed by atoms with Gasteiger partial charge in [-0.15, -0.1) is 0 Å². The highest BCUT2D eigenvalue weighted by Gasteiger charge is 2.13. The smallest absolute Gasteiger partial charge is 0.231 e. The van der Waals surface area contributed by atoms with E-state index in [-0.39, 0.29) is 12.6 Å². The van der Waals surface area contributed by atoms with Crippen LogP contribution in [0.3, 0.4) is 0 Å². The van der Waals surface area contributed by atoms with Crippen LogP contribution in [0.5, 0.6) is 17.2 Å². The first-order chi connectivity index (χ1) is 10.1. The van der Waals surface area contributed by atoms with Crippen molar-refractivity contribution in [1.29, 1.82) is 5.41 Å². The number of nitrogen functional groups attached to an aromatic ring is 1. The van der Waals surface area contributed by atoms with Crippen LogP contribution in [-0.4, -0.2) is 12.6 Å². The molecule has 5 heteroatoms. The molecule has 0 aromatic heterocycles. The second-order valence-electron chi connectivity index (χ2n) is 4.87. The Balaban J connectivity index is 1.70. The lowest BCUT2D eigenvalue weighted by Gasteiger charge is -2.10. The molecule has 0 atom stereocenters. The summed E-state index contributed by atoms with van der Waals surface area (Å²) in [5.41, 5.74) is 8.15. The summed E-state index contributed by atoms with van der Waals surface area (Å²) in [6.45, 7) is 2.62. The molecule has 0 saturated heterocycles. The van der Waals surface area contributed by atoms with Crippen molar-refractivity contribution in [3.63, 3.8) is 0 Å². The van der Waals surface area contributed by atoms with Gasteiger partial charge >= 0.3 is 0 Å². The Morgan fingerprint density at radius 2 is 2.00 bits per heavy atom. The number of nitrogens with one attached hydrogen (secondary N) is 1. The Hall–Kier alpha value is -2.69. The topological polar surface area (TPSA) is 77.6 Å². The zero-order valence-corrected chi connectivity index (χ0v) is 11.7. The highest BCUT2D eigenvalue weighted by Crippen LogP contribution is 2.32. The van der Waals surface area contributed by atoms with E-state index < -0.39 is 0 Å². The van der Waals surface area contributed by atoms with Crippen molar-refractivity contribution < 1.29 is 14.2 Å². The van der Waals surface area contributed by atoms with Crippen LogP contribution < -0.4 is 19.9 Å². The summed E-state index contributed by atoms with van der Waals surface area (Å²) < 4.78 is 16.4. The van der Waals surface area contributed by atoms with Crippen LogP contribution in [0.15, 0.2) is 36.4 Å². The molecule has 21 heavy (non-hydrogen) atoms. The van der Waals surface area contributed by atoms with Gasteiger partial charge in [-0.05, 0) is 48.4 Å². The Bertz CT molecular complexity index is 698. The number of nitrogens with two attached hydrogens (primary N) is 1. The van der Waals surface area contributed by atoms with E-state index in [9.17, 15) is 0 Å². The van der Waals surface area contributed by atoms with Crippen molar-refractivity contribution in [2.45, 2.75) is 13.5 Å². The Morgan fingerprint density at radius 1 is 1.19 bits per heavy atom. The standard InChI is InChI=1S/C16H16N2O3/c1-10-6-12(3-4-13(10)16(17)18)19-8-11-2-5-14-15(7-11)21-9-20-14/h2-7H,8-9H2,1H3,(H3,17,18). The van der Waals surface area contributed by atoms with Crippen LogP contribution in [-0.2, 0) is 6.61 Å². The molecule has 0 saturated carbocycles. The van der Waals surface area contributed by atoms with Crippen molar-refractivity contribution in [3.8, 4) is 17.2 Å². The molecule has 0 bridgehead atoms. The average molecular weight is 284 g/mol. The van der Waals surface area contributed by atoms with Gasteiger partial charge in [0, 0.05) is 5.56 Å². The number of amidine groups is 1. The van der Waals surface area contributed by atoms with Gasteiger partial charge in [0.15, 0.2) is 11.5 Å². The number of aryl methyl sites for hydroxylation is 1. The summed E-state index contributed by atoms with van der Waals surface area (Å²) in [6, 6.07) is 11.2. The fraction of sp³-hybridized carbons (Fsp3) is 0.188. The molecule has 108 valence electrons. The molecule has 2 aromatic carbocycles. The molecular weight excluding hydrogens is 268 g/mol. The molecule has 3 N–H and O–H groups in total. The normalized spacial score (nSPS) is 12.2. The van der Waals surface area contributed by atoms with E-state index in [1.807, 2.05) is 37.3 Å². The Morgan fingerprint density at radius 3 is 2.76 bits per heavy atom. The number of hydrogen-bond acceptors (Lipinski definition) is 4. The fourth-order valence-corrected chi connectivity index (χ4v) is 2.23. The molecule has 0 radical (unpaired) electrons. The Labute approximate surface area is 122 Å². The number of benzene rings is 2. The summed E-state index contributed by atoms with van der Waals surface area (Å²) in [5.74, 6) is 2.32. The number of rotatable bonds is 4. The van der Waals surface area contributed by atoms with Gasteiger partial charge in [-0.25, -0.2) is 0 Å². The molecule has 0 aliphatic carbocycles. The first kappa shape index (κ1) is 13.3. The lowest BCUT2D eigenvalue weighted by atomic mass is 10.1. The van der Waals surface area contributed by atoms with E-state index in [1.54, 1.807) is 6.07 Å². The third-order valence-electron chi connectivity index (χ3n) is 3.33. The van der Waals surface area contributed by atoms with Crippen LogP contribution in [0.1, 0.15) is 16.7 Å². The number of fused-ring (bicyclic) bond motifs is 1. The average Bonchev–Trinajstić information content (AvgIpc) is 2.92. The van der Waals surface area contributed by atoms with Crippen LogP contribution in [0.25, 0.3) is 0 Å². The van der Waals surface area contributed by atoms with E-state index in [0.717, 1.165) is 33.9 Å². The van der Waals surface area contributed by atoms with Gasteiger partial charge < -0.3 is 19.9 Å². The Kier molecular flexibility index (Phi) is 3.39. The molecule has 0 spiro atoms. The second-order valence-corrected chi connectivity index (χ2v) is 4.87. The fourth-order valence-electron chi connectivity index (χ4n) is 2.23. The minimum Gasteiger partial charge on any atom is -0.489 e. The van der Waals surface area contributed by atoms with Crippen LogP contribution in [0.2, 0.25) is 0 Å². The van der Waals surface area contributed by atoms with Crippen molar-refractivity contribution >= 4 is 5.84 Å². The van der Waals surface area contributed by atoms with Crippen molar-refractivity contribution in [2.75, 3.05) is 6.79 Å². The van der Waals surface area contributed by atoms with Gasteiger partial charge in [0.25, 0.3) is 0 Å². The molecule has 2 aromatic rings. The van der Waals surface area contributed by atoms with E-state index in [2.05, 4.69) is 0 Å². The highest BCUT2D eigenvalue weighted by molar-refractivity contribution is 5.96. The zero-order valence-electron chi connectivity index (χ0n) is 11.7. The number of ether oxygens (including phenoxy) is 3. The SMILES string of the molecule is Cc1cc(OCc2ccc3c(c2)OCO3)ccc1C(=N)N. The first-order valence-electron chi connectivity index (χ1n) is 6.60. The van der Waals surface area contributed by atoms with Gasteiger partial charge in [0.05, 0.1) is 0 Å². The summed E-state index contributed by atoms with van der Waals surface area (Å²) in [4.78, 5) is 0. The van der Waals surface area contributed by atoms with Crippen LogP contribution in [0, 0.1) is 12.3 Å². The first-order valence-corrected chi connectivity index (χ1v) is 6.60. The van der Waals surface area contributed by atoms with E-state index in [1.165, 1.54) is 0 Å². The summed E-state index contributed by atoms with van der Waals surface area (Å²) in [7, 11) is 0. The molecule has 1 heterocycles. The quantitative estimate of drug-likeness (QED) is 0.668. The van der Waals surface area contributed by atoms with Gasteiger partial charge in [-0.2, -0.15) is 0 Å². The third-order valence-corrected chi connectivity index (χ3v) is 3.33. The van der Waals surface area contributed by atoms with E-state index >= 15 is 0 Å². The third kappa shape index (κ3) is 2.76. The second kappa shape index (κ2) is 5.36. The molecule has 1 aliphatic rings. The maximum absolute atomic E-state index is 7.47. The number of hydrogen-bond donors (Lipinski definition) is 2. The van der Waals surface area contributed by atoms with Gasteiger partial charge in [0.1, 0.15) is 18.2 Å². The van der Waals surface area contributed by atoms with Crippen LogP contribution >= 0.6 is 0 Å². The van der Waals surface area contributed by atoms with Crippen molar-refractivity contribution in [3.05, 3.63) is 53.1 Å². The maximum atomic E-state index is 7.47. The summed E-state index contributed by atoms with van der Waals surface area (Å²) in [6.07, 6.45) is 0. The highest BCUT2D eigenvalue weighted by atomic mass is 16.7. The molecule has 0 amide bonds. The predicted octanol–water partition coefficient (Wildman–Crippen LogP) is 2.59. The molecule has 3 rings (SSSR count). The molecule has 0 fully saturated rings. The van der Waals surface area contributed by atoms with Gasteiger partial charge in [-0.3, -0.25) is 5.41 Å². The van der Waals surface area contributed by atoms with Gasteiger partial charge in [-0.1, -0.05) is 6.07 Å². The van der Waals surface area contributed by atoms with E-state index in [0.29, 0.717) is 6.61 Å². The van der Waals surface area contributed by atoms with Gasteiger partial charge in [0.2, 0.25) is 6.79 Å². The minimum absolute atomic E-state index is 0.0646. The summed E-state index contributed by atoms with van der Waals surface area (Å²) >= 11 is 0. The monoisotopic (exact) mass is 284 g/mol. The zero-order chi connectivity index (χ0) is 14.8. The van der Waals surface area contributed by atoms with Crippen molar-refractivity contribution in [1.82, 2.24) is 0 Å². The molecule has 1 aliphatic heterocycles. The maximum Gasteiger partial charge on any atom is 0.231 e. The predicted molar refractivity (Wildman–Crippen MR) is 79.1 cm³/mol. The molecule has 0 unspecified atom stereocenters. The van der Waals surface area contributed by atoms with E-state index in [4.69, 9.17) is 25.4 Å². The van der Waals surface area contributed by atoms with Crippen LogP contribution in [0.4, 0.5) is 0 Å². The minimum atomic E-state index is 0.0646. The molecular formula is C16H16N2O3. The largest absolute Gasteiger partial charge is 0.489 e. The molecule has 5 nitrogen and oxygen atoms in total. The lowest BCUT2D eigenvalue weighted by Crippen LogP contribution is -2.12.